The van der Waals surface area contributed by atoms with Crippen LogP contribution in [0.25, 0.3) is 0 Å². The molecule has 0 aromatic heterocycles. The Morgan fingerprint density at radius 2 is 2.14 bits per heavy atom. The topological polar surface area (TPSA) is 30.5 Å². The van der Waals surface area contributed by atoms with Gasteiger partial charge in [0.05, 0.1) is 13.8 Å². The summed E-state index contributed by atoms with van der Waals surface area (Å²) in [5.41, 5.74) is 1.11. The summed E-state index contributed by atoms with van der Waals surface area (Å²) in [4.78, 5) is 0. The highest BCUT2D eigenvalue weighted by Gasteiger charge is 2.02. The predicted molar refractivity (Wildman–Crippen MR) is 59.4 cm³/mol. The molecule has 0 atom stereocenters. The van der Waals surface area contributed by atoms with E-state index in [1.807, 2.05) is 18.2 Å². The molecule has 0 heterocycles. The highest BCUT2D eigenvalue weighted by atomic mass is 79.9. The van der Waals surface area contributed by atoms with Crippen LogP contribution in [0.4, 0.5) is 0 Å². The van der Waals surface area contributed by atoms with Crippen LogP contribution in [0.5, 0.6) is 5.75 Å². The third kappa shape index (κ3) is 3.29. The van der Waals surface area contributed by atoms with Crippen LogP contribution >= 0.6 is 15.9 Å². The molecule has 1 aromatic carbocycles. The molecule has 0 aliphatic heterocycles. The van der Waals surface area contributed by atoms with Gasteiger partial charge in [-0.3, -0.25) is 5.32 Å². The van der Waals surface area contributed by atoms with Crippen LogP contribution < -0.4 is 10.1 Å². The first-order chi connectivity index (χ1) is 6.77. The zero-order valence-electron chi connectivity index (χ0n) is 8.34. The van der Waals surface area contributed by atoms with Gasteiger partial charge in [0, 0.05) is 23.7 Å². The Morgan fingerprint density at radius 1 is 1.36 bits per heavy atom. The average Bonchev–Trinajstić information content (AvgIpc) is 2.19. The number of nitrogens with one attached hydrogen (secondary N) is 1. The Kier molecular flexibility index (Phi) is 4.93. The van der Waals surface area contributed by atoms with E-state index in [1.165, 1.54) is 0 Å². The van der Waals surface area contributed by atoms with Crippen molar-refractivity contribution in [2.24, 2.45) is 0 Å². The van der Waals surface area contributed by atoms with E-state index in [0.29, 0.717) is 6.73 Å². The summed E-state index contributed by atoms with van der Waals surface area (Å²) in [6.45, 7) is 1.27. The number of halogens is 1. The summed E-state index contributed by atoms with van der Waals surface area (Å²) in [7, 11) is 3.33. The second-order valence-electron chi connectivity index (χ2n) is 2.82. The molecule has 0 saturated carbocycles. The molecule has 1 N–H and O–H groups in total. The lowest BCUT2D eigenvalue weighted by molar-refractivity contribution is 0.174. The van der Waals surface area contributed by atoms with Crippen molar-refractivity contribution >= 4 is 15.9 Å². The number of hydrogen-bond acceptors (Lipinski definition) is 3. The van der Waals surface area contributed by atoms with Crippen molar-refractivity contribution in [1.82, 2.24) is 5.32 Å². The molecule has 4 heteroatoms. The minimum absolute atomic E-state index is 0.537. The minimum Gasteiger partial charge on any atom is -0.496 e. The van der Waals surface area contributed by atoms with Crippen molar-refractivity contribution in [2.45, 2.75) is 6.54 Å². The maximum Gasteiger partial charge on any atom is 0.123 e. The molecule has 14 heavy (non-hydrogen) atoms. The van der Waals surface area contributed by atoms with Crippen molar-refractivity contribution in [2.75, 3.05) is 21.0 Å². The fourth-order valence-electron chi connectivity index (χ4n) is 1.17. The van der Waals surface area contributed by atoms with Crippen molar-refractivity contribution in [1.29, 1.82) is 0 Å². The molecular weight excluding hydrogens is 246 g/mol. The molecule has 0 bridgehead atoms. The molecular formula is C10H14BrNO2. The molecule has 0 amide bonds. The molecule has 0 radical (unpaired) electrons. The Labute approximate surface area is 92.5 Å². The molecule has 0 aliphatic carbocycles. The lowest BCUT2D eigenvalue weighted by Crippen LogP contribution is -2.16. The third-order valence-electron chi connectivity index (χ3n) is 1.80. The summed E-state index contributed by atoms with van der Waals surface area (Å²) in [6.07, 6.45) is 0. The number of hydrogen-bond donors (Lipinski definition) is 1. The third-order valence-corrected chi connectivity index (χ3v) is 2.30. The number of ether oxygens (including phenoxy) is 2. The van der Waals surface area contributed by atoms with E-state index >= 15 is 0 Å². The smallest absolute Gasteiger partial charge is 0.123 e. The van der Waals surface area contributed by atoms with Crippen molar-refractivity contribution in [3.05, 3.63) is 28.2 Å². The monoisotopic (exact) mass is 259 g/mol. The normalized spacial score (nSPS) is 10.2. The van der Waals surface area contributed by atoms with Gasteiger partial charge in [-0.1, -0.05) is 15.9 Å². The van der Waals surface area contributed by atoms with Gasteiger partial charge in [-0.05, 0) is 18.2 Å². The van der Waals surface area contributed by atoms with E-state index in [9.17, 15) is 0 Å². The summed E-state index contributed by atoms with van der Waals surface area (Å²) in [5, 5.41) is 3.13. The lowest BCUT2D eigenvalue weighted by atomic mass is 10.2. The largest absolute Gasteiger partial charge is 0.496 e. The molecule has 1 aromatic rings. The van der Waals surface area contributed by atoms with Gasteiger partial charge in [0.15, 0.2) is 0 Å². The standard InChI is InChI=1S/C10H14BrNO2/c1-13-7-12-6-8-5-9(11)3-4-10(8)14-2/h3-5,12H,6-7H2,1-2H3. The Hall–Kier alpha value is -0.580. The van der Waals surface area contributed by atoms with Gasteiger partial charge in [0.1, 0.15) is 5.75 Å². The van der Waals surface area contributed by atoms with E-state index in [-0.39, 0.29) is 0 Å². The van der Waals surface area contributed by atoms with Gasteiger partial charge in [0.2, 0.25) is 0 Å². The van der Waals surface area contributed by atoms with Crippen LogP contribution in [0, 0.1) is 0 Å². The number of benzene rings is 1. The molecule has 78 valence electrons. The summed E-state index contributed by atoms with van der Waals surface area (Å²) in [6, 6.07) is 5.92. The summed E-state index contributed by atoms with van der Waals surface area (Å²) < 4.78 is 11.2. The molecule has 3 nitrogen and oxygen atoms in total. The zero-order valence-corrected chi connectivity index (χ0v) is 9.93. The second-order valence-corrected chi connectivity index (χ2v) is 3.73. The average molecular weight is 260 g/mol. The van der Waals surface area contributed by atoms with Gasteiger partial charge >= 0.3 is 0 Å². The first-order valence-corrected chi connectivity index (χ1v) is 5.09. The van der Waals surface area contributed by atoms with Gasteiger partial charge in [0.25, 0.3) is 0 Å². The molecule has 1 rings (SSSR count). The van der Waals surface area contributed by atoms with E-state index in [4.69, 9.17) is 9.47 Å². The van der Waals surface area contributed by atoms with Crippen molar-refractivity contribution in [3.8, 4) is 5.75 Å². The highest BCUT2D eigenvalue weighted by Crippen LogP contribution is 2.22. The lowest BCUT2D eigenvalue weighted by Gasteiger charge is -2.09. The van der Waals surface area contributed by atoms with Gasteiger partial charge in [-0.25, -0.2) is 0 Å². The van der Waals surface area contributed by atoms with Crippen LogP contribution in [0.3, 0.4) is 0 Å². The Bertz CT molecular complexity index is 291. The summed E-state index contributed by atoms with van der Waals surface area (Å²) in [5.74, 6) is 0.886. The Balaban J connectivity index is 2.67. The quantitative estimate of drug-likeness (QED) is 0.650. The fraction of sp³-hybridized carbons (Fsp3) is 0.400. The van der Waals surface area contributed by atoms with Crippen LogP contribution in [-0.2, 0) is 11.3 Å². The van der Waals surface area contributed by atoms with E-state index in [1.54, 1.807) is 14.2 Å². The first kappa shape index (κ1) is 11.5. The van der Waals surface area contributed by atoms with Crippen LogP contribution in [0.15, 0.2) is 22.7 Å². The van der Waals surface area contributed by atoms with E-state index in [0.717, 1.165) is 22.3 Å². The number of rotatable bonds is 5. The van der Waals surface area contributed by atoms with Crippen molar-refractivity contribution < 1.29 is 9.47 Å². The van der Waals surface area contributed by atoms with Gasteiger partial charge in [-0.2, -0.15) is 0 Å². The molecule has 0 aliphatic rings. The van der Waals surface area contributed by atoms with Crippen LogP contribution in [0.1, 0.15) is 5.56 Å². The van der Waals surface area contributed by atoms with Gasteiger partial charge < -0.3 is 9.47 Å². The van der Waals surface area contributed by atoms with Crippen LogP contribution in [0.2, 0.25) is 0 Å². The SMILES string of the molecule is COCNCc1cc(Br)ccc1OC. The predicted octanol–water partition coefficient (Wildman–Crippen LogP) is 2.15. The second kappa shape index (κ2) is 6.01. The van der Waals surface area contributed by atoms with Gasteiger partial charge in [-0.15, -0.1) is 0 Å². The van der Waals surface area contributed by atoms with Crippen LogP contribution in [-0.4, -0.2) is 21.0 Å². The number of methoxy groups -OCH3 is 2. The summed E-state index contributed by atoms with van der Waals surface area (Å²) >= 11 is 3.42. The van der Waals surface area contributed by atoms with E-state index in [2.05, 4.69) is 21.2 Å². The maximum absolute atomic E-state index is 5.23. The molecule has 0 spiro atoms. The van der Waals surface area contributed by atoms with Crippen molar-refractivity contribution in [3.63, 3.8) is 0 Å². The first-order valence-electron chi connectivity index (χ1n) is 4.30. The maximum atomic E-state index is 5.23. The zero-order chi connectivity index (χ0) is 10.4. The molecule has 0 saturated heterocycles. The highest BCUT2D eigenvalue weighted by molar-refractivity contribution is 9.10. The molecule has 0 unspecified atom stereocenters. The fourth-order valence-corrected chi connectivity index (χ4v) is 1.58. The minimum atomic E-state index is 0.537. The molecule has 0 fully saturated rings. The Morgan fingerprint density at radius 3 is 2.79 bits per heavy atom. The van der Waals surface area contributed by atoms with E-state index < -0.39 is 0 Å².